The van der Waals surface area contributed by atoms with Gasteiger partial charge in [-0.2, -0.15) is 0 Å². The number of rotatable bonds is 7. The normalized spacial score (nSPS) is 10.9. The first-order chi connectivity index (χ1) is 13.0. The van der Waals surface area contributed by atoms with Crippen LogP contribution in [0.5, 0.6) is 0 Å². The molecule has 140 valence electrons. The summed E-state index contributed by atoms with van der Waals surface area (Å²) in [6.07, 6.45) is 0. The summed E-state index contributed by atoms with van der Waals surface area (Å²) in [6, 6.07) is 14.6. The molecule has 3 N–H and O–H groups in total. The molecule has 7 nitrogen and oxygen atoms in total. The number of carbonyl (C=O) groups excluding carboxylic acids is 2. The van der Waals surface area contributed by atoms with E-state index in [4.69, 9.17) is 5.73 Å². The molecule has 2 amide bonds. The molecule has 2 aromatic carbocycles. The first-order valence-electron chi connectivity index (χ1n) is 8.49. The Labute approximate surface area is 160 Å². The van der Waals surface area contributed by atoms with Gasteiger partial charge in [-0.25, -0.2) is 4.79 Å². The number of aromatic nitrogens is 2. The van der Waals surface area contributed by atoms with Crippen LogP contribution in [0.1, 0.15) is 6.92 Å². The van der Waals surface area contributed by atoms with Crippen molar-refractivity contribution in [2.24, 2.45) is 5.73 Å². The lowest BCUT2D eigenvalue weighted by atomic mass is 10.3. The van der Waals surface area contributed by atoms with E-state index < -0.39 is 5.91 Å². The van der Waals surface area contributed by atoms with E-state index in [1.54, 1.807) is 22.8 Å². The number of para-hydroxylation sites is 3. The van der Waals surface area contributed by atoms with Crippen molar-refractivity contribution in [3.8, 4) is 0 Å². The summed E-state index contributed by atoms with van der Waals surface area (Å²) < 4.78 is 3.10. The molecule has 0 atom stereocenters. The van der Waals surface area contributed by atoms with Crippen LogP contribution in [0.2, 0.25) is 0 Å². The van der Waals surface area contributed by atoms with Gasteiger partial charge in [0, 0.05) is 11.4 Å². The third-order valence-corrected chi connectivity index (χ3v) is 5.17. The zero-order chi connectivity index (χ0) is 19.4. The Morgan fingerprint density at radius 1 is 1.04 bits per heavy atom. The maximum absolute atomic E-state index is 12.6. The minimum atomic E-state index is -0.431. The number of fused-ring (bicyclic) bond motifs is 1. The highest BCUT2D eigenvalue weighted by molar-refractivity contribution is 8.00. The average Bonchev–Trinajstić information content (AvgIpc) is 2.92. The Kier molecular flexibility index (Phi) is 5.66. The van der Waals surface area contributed by atoms with Gasteiger partial charge < -0.3 is 11.1 Å². The maximum Gasteiger partial charge on any atom is 0.329 e. The molecule has 0 spiro atoms. The summed E-state index contributed by atoms with van der Waals surface area (Å²) in [5, 5.41) is 2.82. The Morgan fingerprint density at radius 2 is 1.67 bits per heavy atom. The Balaban J connectivity index is 1.84. The number of amides is 2. The highest BCUT2D eigenvalue weighted by Gasteiger charge is 2.15. The minimum absolute atomic E-state index is 0.0961. The second kappa shape index (κ2) is 8.13. The highest BCUT2D eigenvalue weighted by Crippen LogP contribution is 2.26. The monoisotopic (exact) mass is 384 g/mol. The van der Waals surface area contributed by atoms with Crippen LogP contribution in [-0.2, 0) is 22.7 Å². The second-order valence-corrected chi connectivity index (χ2v) is 6.92. The number of hydrogen-bond acceptors (Lipinski definition) is 4. The van der Waals surface area contributed by atoms with Crippen LogP contribution in [0.25, 0.3) is 11.0 Å². The van der Waals surface area contributed by atoms with Crippen molar-refractivity contribution in [3.05, 3.63) is 59.0 Å². The number of aryl methyl sites for hydroxylation is 1. The van der Waals surface area contributed by atoms with Crippen molar-refractivity contribution >= 4 is 40.3 Å². The molecular formula is C19H20N4O3S. The molecule has 0 saturated carbocycles. The third-order valence-electron chi connectivity index (χ3n) is 4.07. The third kappa shape index (κ3) is 4.06. The van der Waals surface area contributed by atoms with Gasteiger partial charge in [0.25, 0.3) is 0 Å². The van der Waals surface area contributed by atoms with E-state index in [9.17, 15) is 14.4 Å². The van der Waals surface area contributed by atoms with Gasteiger partial charge in [-0.15, -0.1) is 11.8 Å². The van der Waals surface area contributed by atoms with Crippen LogP contribution in [-0.4, -0.2) is 26.7 Å². The molecule has 1 heterocycles. The average molecular weight is 384 g/mol. The molecular weight excluding hydrogens is 364 g/mol. The molecule has 3 rings (SSSR count). The van der Waals surface area contributed by atoms with Crippen LogP contribution in [0.15, 0.2) is 58.2 Å². The summed E-state index contributed by atoms with van der Waals surface area (Å²) in [5.41, 5.74) is 7.08. The van der Waals surface area contributed by atoms with Crippen LogP contribution in [0.4, 0.5) is 5.69 Å². The number of nitrogens with one attached hydrogen (secondary N) is 1. The van der Waals surface area contributed by atoms with E-state index >= 15 is 0 Å². The lowest BCUT2D eigenvalue weighted by Crippen LogP contribution is -2.29. The van der Waals surface area contributed by atoms with Crippen molar-refractivity contribution < 1.29 is 9.59 Å². The molecule has 0 fully saturated rings. The molecule has 1 aromatic heterocycles. The van der Waals surface area contributed by atoms with Gasteiger partial charge in [0.1, 0.15) is 6.54 Å². The number of nitrogens with two attached hydrogens (primary N) is 1. The number of thioether (sulfide) groups is 1. The van der Waals surface area contributed by atoms with Gasteiger partial charge in [-0.05, 0) is 31.2 Å². The van der Waals surface area contributed by atoms with E-state index in [-0.39, 0.29) is 23.9 Å². The number of carbonyl (C=O) groups is 2. The fourth-order valence-corrected chi connectivity index (χ4v) is 3.66. The van der Waals surface area contributed by atoms with Gasteiger partial charge in [0.15, 0.2) is 0 Å². The van der Waals surface area contributed by atoms with E-state index in [2.05, 4.69) is 5.32 Å². The van der Waals surface area contributed by atoms with Crippen molar-refractivity contribution in [2.45, 2.75) is 24.9 Å². The van der Waals surface area contributed by atoms with Gasteiger partial charge in [0.2, 0.25) is 11.8 Å². The summed E-state index contributed by atoms with van der Waals surface area (Å²) in [6.45, 7) is 2.33. The van der Waals surface area contributed by atoms with Crippen LogP contribution < -0.4 is 16.7 Å². The molecule has 0 aliphatic rings. The van der Waals surface area contributed by atoms with Gasteiger partial charge >= 0.3 is 5.69 Å². The highest BCUT2D eigenvalue weighted by atomic mass is 32.2. The van der Waals surface area contributed by atoms with Crippen molar-refractivity contribution in [2.75, 3.05) is 11.1 Å². The predicted molar refractivity (Wildman–Crippen MR) is 107 cm³/mol. The lowest BCUT2D eigenvalue weighted by Gasteiger charge is -2.10. The fraction of sp³-hybridized carbons (Fsp3) is 0.211. The topological polar surface area (TPSA) is 99.1 Å². The Bertz CT molecular complexity index is 1050. The standard InChI is InChI=1S/C19H20N4O3S/c1-2-22-14-8-4-5-9-15(14)23(19(22)26)11-18(25)21-13-7-3-6-10-16(13)27-12-17(20)24/h3-10H,2,11-12H2,1H3,(H2,20,24)(H,21,25). The number of primary amides is 1. The fourth-order valence-electron chi connectivity index (χ4n) is 2.91. The van der Waals surface area contributed by atoms with Crippen molar-refractivity contribution in [3.63, 3.8) is 0 Å². The second-order valence-electron chi connectivity index (χ2n) is 5.90. The predicted octanol–water partition coefficient (Wildman–Crippen LogP) is 2.04. The lowest BCUT2D eigenvalue weighted by molar-refractivity contribution is -0.117. The number of imidazole rings is 1. The summed E-state index contributed by atoms with van der Waals surface area (Å²) in [5.74, 6) is -0.626. The molecule has 8 heteroatoms. The Hall–Kier alpha value is -3.00. The molecule has 0 bridgehead atoms. The zero-order valence-corrected chi connectivity index (χ0v) is 15.7. The summed E-state index contributed by atoms with van der Waals surface area (Å²) >= 11 is 1.25. The van der Waals surface area contributed by atoms with Crippen LogP contribution in [0.3, 0.4) is 0 Å². The van der Waals surface area contributed by atoms with Gasteiger partial charge in [0.05, 0.1) is 22.5 Å². The van der Waals surface area contributed by atoms with Crippen molar-refractivity contribution in [1.82, 2.24) is 9.13 Å². The van der Waals surface area contributed by atoms with Gasteiger partial charge in [-0.1, -0.05) is 24.3 Å². The minimum Gasteiger partial charge on any atom is -0.369 e. The maximum atomic E-state index is 12.6. The molecule has 3 aromatic rings. The molecule has 0 unspecified atom stereocenters. The van der Waals surface area contributed by atoms with Crippen LogP contribution >= 0.6 is 11.8 Å². The summed E-state index contributed by atoms with van der Waals surface area (Å²) in [7, 11) is 0. The molecule has 0 saturated heterocycles. The molecule has 27 heavy (non-hydrogen) atoms. The molecule has 0 radical (unpaired) electrons. The number of nitrogens with zero attached hydrogens (tertiary/aromatic N) is 2. The van der Waals surface area contributed by atoms with E-state index in [1.165, 1.54) is 16.3 Å². The first-order valence-corrected chi connectivity index (χ1v) is 9.48. The SMILES string of the molecule is CCn1c(=O)n(CC(=O)Nc2ccccc2SCC(N)=O)c2ccccc21. The zero-order valence-electron chi connectivity index (χ0n) is 14.8. The van der Waals surface area contributed by atoms with Crippen molar-refractivity contribution in [1.29, 1.82) is 0 Å². The number of anilines is 1. The quantitative estimate of drug-likeness (QED) is 0.609. The molecule has 0 aliphatic heterocycles. The smallest absolute Gasteiger partial charge is 0.329 e. The van der Waals surface area contributed by atoms with Gasteiger partial charge in [-0.3, -0.25) is 18.7 Å². The number of benzene rings is 2. The largest absolute Gasteiger partial charge is 0.369 e. The van der Waals surface area contributed by atoms with E-state index in [1.807, 2.05) is 37.3 Å². The first kappa shape index (κ1) is 18.8. The van der Waals surface area contributed by atoms with E-state index in [0.29, 0.717) is 12.2 Å². The number of hydrogen-bond donors (Lipinski definition) is 2. The van der Waals surface area contributed by atoms with E-state index in [0.717, 1.165) is 15.9 Å². The Morgan fingerprint density at radius 3 is 2.33 bits per heavy atom. The molecule has 0 aliphatic carbocycles. The van der Waals surface area contributed by atoms with Crippen LogP contribution in [0, 0.1) is 0 Å². The summed E-state index contributed by atoms with van der Waals surface area (Å²) in [4.78, 5) is 37.0.